The molecule has 2 fully saturated rings. The van der Waals surface area contributed by atoms with Gasteiger partial charge < -0.3 is 19.9 Å². The Kier molecular flexibility index (Phi) is 6.10. The van der Waals surface area contributed by atoms with Gasteiger partial charge in [-0.25, -0.2) is 4.98 Å². The van der Waals surface area contributed by atoms with Gasteiger partial charge in [-0.3, -0.25) is 14.5 Å². The maximum Gasteiger partial charge on any atom is 0.273 e. The lowest BCUT2D eigenvalue weighted by molar-refractivity contribution is -0.144. The first-order valence-electron chi connectivity index (χ1n) is 9.04. The van der Waals surface area contributed by atoms with Gasteiger partial charge in [0.15, 0.2) is 5.13 Å². The Labute approximate surface area is 158 Å². The van der Waals surface area contributed by atoms with Crippen LogP contribution in [0.15, 0.2) is 5.38 Å². The first-order chi connectivity index (χ1) is 12.5. The van der Waals surface area contributed by atoms with E-state index in [4.69, 9.17) is 4.74 Å². The van der Waals surface area contributed by atoms with E-state index in [9.17, 15) is 9.59 Å². The van der Waals surface area contributed by atoms with Crippen LogP contribution in [0.1, 0.15) is 24.3 Å². The van der Waals surface area contributed by atoms with Crippen molar-refractivity contribution in [3.63, 3.8) is 0 Å². The molecule has 3 heterocycles. The molecule has 144 valence electrons. The van der Waals surface area contributed by atoms with E-state index >= 15 is 0 Å². The molecule has 2 aliphatic rings. The van der Waals surface area contributed by atoms with Crippen molar-refractivity contribution >= 4 is 28.3 Å². The molecule has 0 aliphatic carbocycles. The SMILES string of the molecule is CNc1nc(C(=O)N2CCN(CC(=O)N3CC(C)OC(C)C3)CC2)cs1. The molecule has 1 aromatic rings. The molecule has 1 aromatic heterocycles. The van der Waals surface area contributed by atoms with Gasteiger partial charge in [-0.05, 0) is 13.8 Å². The Morgan fingerprint density at radius 1 is 1.19 bits per heavy atom. The van der Waals surface area contributed by atoms with Crippen LogP contribution in [0.25, 0.3) is 0 Å². The van der Waals surface area contributed by atoms with Crippen LogP contribution < -0.4 is 5.32 Å². The minimum atomic E-state index is -0.0374. The zero-order valence-electron chi connectivity index (χ0n) is 15.6. The lowest BCUT2D eigenvalue weighted by Crippen LogP contribution is -2.54. The molecule has 26 heavy (non-hydrogen) atoms. The fourth-order valence-electron chi connectivity index (χ4n) is 3.43. The number of piperazine rings is 1. The van der Waals surface area contributed by atoms with Gasteiger partial charge in [-0.2, -0.15) is 0 Å². The molecule has 2 saturated heterocycles. The van der Waals surface area contributed by atoms with Crippen molar-refractivity contribution < 1.29 is 14.3 Å². The van der Waals surface area contributed by atoms with Crippen molar-refractivity contribution in [1.29, 1.82) is 0 Å². The number of rotatable bonds is 4. The van der Waals surface area contributed by atoms with Crippen molar-refractivity contribution in [2.75, 3.05) is 58.2 Å². The molecule has 3 rings (SSSR count). The highest BCUT2D eigenvalue weighted by molar-refractivity contribution is 7.13. The number of nitrogens with one attached hydrogen (secondary N) is 1. The third-order valence-corrected chi connectivity index (χ3v) is 5.59. The van der Waals surface area contributed by atoms with Gasteiger partial charge in [-0.15, -0.1) is 11.3 Å². The van der Waals surface area contributed by atoms with Crippen LogP contribution >= 0.6 is 11.3 Å². The summed E-state index contributed by atoms with van der Waals surface area (Å²) in [5.41, 5.74) is 0.486. The number of morpholine rings is 1. The van der Waals surface area contributed by atoms with Crippen molar-refractivity contribution in [1.82, 2.24) is 19.7 Å². The van der Waals surface area contributed by atoms with E-state index in [0.717, 1.165) is 5.13 Å². The largest absolute Gasteiger partial charge is 0.372 e. The summed E-state index contributed by atoms with van der Waals surface area (Å²) in [6.45, 7) is 8.35. The lowest BCUT2D eigenvalue weighted by atomic mass is 10.2. The Morgan fingerprint density at radius 3 is 2.42 bits per heavy atom. The average molecular weight is 382 g/mol. The predicted octanol–water partition coefficient (Wildman–Crippen LogP) is 0.578. The van der Waals surface area contributed by atoms with Crippen LogP contribution in [0.3, 0.4) is 0 Å². The van der Waals surface area contributed by atoms with Crippen LogP contribution in [-0.2, 0) is 9.53 Å². The summed E-state index contributed by atoms with van der Waals surface area (Å²) in [5, 5.41) is 5.47. The zero-order valence-corrected chi connectivity index (χ0v) is 16.4. The summed E-state index contributed by atoms with van der Waals surface area (Å²) in [7, 11) is 1.79. The molecular formula is C17H27N5O3S. The smallest absolute Gasteiger partial charge is 0.273 e. The number of nitrogens with zero attached hydrogens (tertiary/aromatic N) is 4. The Hall–Kier alpha value is -1.71. The van der Waals surface area contributed by atoms with Gasteiger partial charge in [0.1, 0.15) is 5.69 Å². The second kappa shape index (κ2) is 8.32. The number of carbonyl (C=O) groups is 2. The fraction of sp³-hybridized carbons (Fsp3) is 0.706. The Bertz CT molecular complexity index is 634. The first-order valence-corrected chi connectivity index (χ1v) is 9.92. The van der Waals surface area contributed by atoms with E-state index in [0.29, 0.717) is 51.5 Å². The highest BCUT2D eigenvalue weighted by Crippen LogP contribution is 2.17. The molecule has 1 N–H and O–H groups in total. The number of ether oxygens (including phenoxy) is 1. The van der Waals surface area contributed by atoms with Crippen LogP contribution in [0.2, 0.25) is 0 Å². The van der Waals surface area contributed by atoms with E-state index in [1.165, 1.54) is 11.3 Å². The van der Waals surface area contributed by atoms with Gasteiger partial charge >= 0.3 is 0 Å². The fourth-order valence-corrected chi connectivity index (χ4v) is 4.08. The molecule has 0 bridgehead atoms. The lowest BCUT2D eigenvalue weighted by Gasteiger charge is -2.38. The summed E-state index contributed by atoms with van der Waals surface area (Å²) < 4.78 is 5.69. The standard InChI is InChI=1S/C17H27N5O3S/c1-12-8-22(9-13(2)25-12)15(23)10-20-4-6-21(7-5-20)16(24)14-11-26-17(18-3)19-14/h11-13H,4-10H2,1-3H3,(H,18,19). The van der Waals surface area contributed by atoms with Crippen LogP contribution in [0.4, 0.5) is 5.13 Å². The van der Waals surface area contributed by atoms with Crippen molar-refractivity contribution in [2.24, 2.45) is 0 Å². The third kappa shape index (κ3) is 4.52. The van der Waals surface area contributed by atoms with E-state index in [1.807, 2.05) is 23.6 Å². The average Bonchev–Trinajstić information content (AvgIpc) is 3.10. The van der Waals surface area contributed by atoms with Gasteiger partial charge in [0.25, 0.3) is 5.91 Å². The molecule has 2 amide bonds. The number of anilines is 1. The van der Waals surface area contributed by atoms with Crippen molar-refractivity contribution in [2.45, 2.75) is 26.1 Å². The second-order valence-electron chi connectivity index (χ2n) is 6.91. The monoisotopic (exact) mass is 381 g/mol. The van der Waals surface area contributed by atoms with Crippen LogP contribution in [0.5, 0.6) is 0 Å². The number of hydrogen-bond acceptors (Lipinski definition) is 7. The molecule has 2 atom stereocenters. The minimum Gasteiger partial charge on any atom is -0.372 e. The van der Waals surface area contributed by atoms with Crippen molar-refractivity contribution in [3.05, 3.63) is 11.1 Å². The highest BCUT2D eigenvalue weighted by atomic mass is 32.1. The number of carbonyl (C=O) groups excluding carboxylic acids is 2. The maximum absolute atomic E-state index is 12.6. The molecule has 0 aromatic carbocycles. The molecule has 2 aliphatic heterocycles. The highest BCUT2D eigenvalue weighted by Gasteiger charge is 2.29. The normalized spacial score (nSPS) is 24.6. The van der Waals surface area contributed by atoms with E-state index < -0.39 is 0 Å². The molecule has 2 unspecified atom stereocenters. The third-order valence-electron chi connectivity index (χ3n) is 4.73. The van der Waals surface area contributed by atoms with Gasteiger partial charge in [0, 0.05) is 51.7 Å². The summed E-state index contributed by atoms with van der Waals surface area (Å²) >= 11 is 1.43. The van der Waals surface area contributed by atoms with E-state index in [1.54, 1.807) is 12.4 Å². The molecular weight excluding hydrogens is 354 g/mol. The number of amides is 2. The van der Waals surface area contributed by atoms with Crippen molar-refractivity contribution in [3.8, 4) is 0 Å². The summed E-state index contributed by atoms with van der Waals surface area (Å²) in [4.78, 5) is 35.2. The zero-order chi connectivity index (χ0) is 18.7. The molecule has 8 nitrogen and oxygen atoms in total. The number of hydrogen-bond donors (Lipinski definition) is 1. The van der Waals surface area contributed by atoms with E-state index in [2.05, 4.69) is 15.2 Å². The Balaban J connectivity index is 1.47. The summed E-state index contributed by atoms with van der Waals surface area (Å²) in [5.74, 6) is 0.106. The Morgan fingerprint density at radius 2 is 1.85 bits per heavy atom. The summed E-state index contributed by atoms with van der Waals surface area (Å²) in [6, 6.07) is 0. The minimum absolute atomic E-state index is 0.0374. The molecule has 9 heteroatoms. The van der Waals surface area contributed by atoms with Gasteiger partial charge in [-0.1, -0.05) is 0 Å². The second-order valence-corrected chi connectivity index (χ2v) is 7.77. The topological polar surface area (TPSA) is 78.0 Å². The molecule has 0 radical (unpaired) electrons. The van der Waals surface area contributed by atoms with E-state index in [-0.39, 0.29) is 24.0 Å². The van der Waals surface area contributed by atoms with Gasteiger partial charge in [0.05, 0.1) is 18.8 Å². The van der Waals surface area contributed by atoms with Crippen LogP contribution in [-0.4, -0.2) is 96.6 Å². The summed E-state index contributed by atoms with van der Waals surface area (Å²) in [6.07, 6.45) is 0.163. The number of thiazole rings is 1. The predicted molar refractivity (Wildman–Crippen MR) is 101 cm³/mol. The van der Waals surface area contributed by atoms with Gasteiger partial charge in [0.2, 0.25) is 5.91 Å². The maximum atomic E-state index is 12.6. The first kappa shape index (κ1) is 19.1. The number of aromatic nitrogens is 1. The molecule has 0 spiro atoms. The molecule has 0 saturated carbocycles. The quantitative estimate of drug-likeness (QED) is 0.822. The van der Waals surface area contributed by atoms with Crippen LogP contribution in [0, 0.1) is 0 Å².